The number of nitrogens with one attached hydrogen (secondary N) is 1. The van der Waals surface area contributed by atoms with Crippen LogP contribution in [0.2, 0.25) is 0 Å². The van der Waals surface area contributed by atoms with Crippen LogP contribution in [0.4, 0.5) is 11.4 Å². The van der Waals surface area contributed by atoms with Crippen LogP contribution in [0.3, 0.4) is 0 Å². The van der Waals surface area contributed by atoms with Crippen LogP contribution in [0.5, 0.6) is 5.75 Å². The Morgan fingerprint density at radius 1 is 1.38 bits per heavy atom. The van der Waals surface area contributed by atoms with Gasteiger partial charge in [-0.3, -0.25) is 10.1 Å². The molecule has 1 aromatic carbocycles. The van der Waals surface area contributed by atoms with E-state index in [4.69, 9.17) is 4.74 Å². The fourth-order valence-corrected chi connectivity index (χ4v) is 2.73. The molecule has 0 radical (unpaired) electrons. The minimum Gasteiger partial charge on any atom is -0.487 e. The quantitative estimate of drug-likeness (QED) is 0.622. The summed E-state index contributed by atoms with van der Waals surface area (Å²) in [5, 5.41) is 23.9. The fraction of sp³-hybridized carbons (Fsp3) is 0.600. The van der Waals surface area contributed by atoms with E-state index >= 15 is 0 Å². The number of anilines is 1. The van der Waals surface area contributed by atoms with Crippen molar-refractivity contribution >= 4 is 11.4 Å². The molecule has 0 aliphatic heterocycles. The Morgan fingerprint density at radius 3 is 2.71 bits per heavy atom. The molecule has 0 unspecified atom stereocenters. The lowest BCUT2D eigenvalue weighted by Gasteiger charge is -2.25. The summed E-state index contributed by atoms with van der Waals surface area (Å²) in [4.78, 5) is 10.9. The zero-order valence-corrected chi connectivity index (χ0v) is 12.2. The van der Waals surface area contributed by atoms with Crippen molar-refractivity contribution < 1.29 is 14.8 Å². The molecule has 0 aromatic heterocycles. The first-order valence-electron chi connectivity index (χ1n) is 7.44. The third kappa shape index (κ3) is 4.07. The Balaban J connectivity index is 2.05. The van der Waals surface area contributed by atoms with Crippen molar-refractivity contribution in [3.8, 4) is 5.75 Å². The third-order valence-electron chi connectivity index (χ3n) is 3.88. The molecule has 2 rings (SSSR count). The first kappa shape index (κ1) is 15.6. The van der Waals surface area contributed by atoms with Crippen LogP contribution in [0.1, 0.15) is 32.6 Å². The van der Waals surface area contributed by atoms with Gasteiger partial charge in [-0.15, -0.1) is 0 Å². The minimum atomic E-state index is -0.405. The molecule has 6 nitrogen and oxygen atoms in total. The van der Waals surface area contributed by atoms with Crippen LogP contribution in [0.25, 0.3) is 0 Å². The van der Waals surface area contributed by atoms with Gasteiger partial charge in [-0.25, -0.2) is 0 Å². The van der Waals surface area contributed by atoms with Gasteiger partial charge in [0.05, 0.1) is 17.6 Å². The average Bonchev–Trinajstić information content (AvgIpc) is 2.47. The third-order valence-corrected chi connectivity index (χ3v) is 3.88. The van der Waals surface area contributed by atoms with Crippen LogP contribution < -0.4 is 10.1 Å². The molecule has 0 saturated heterocycles. The van der Waals surface area contributed by atoms with E-state index in [9.17, 15) is 15.2 Å². The number of nitro groups is 1. The molecular weight excluding hydrogens is 272 g/mol. The molecule has 0 bridgehead atoms. The Hall–Kier alpha value is -1.82. The van der Waals surface area contributed by atoms with Crippen LogP contribution in [-0.4, -0.2) is 29.3 Å². The number of hydrogen-bond acceptors (Lipinski definition) is 5. The Labute approximate surface area is 124 Å². The Morgan fingerprint density at radius 2 is 2.10 bits per heavy atom. The van der Waals surface area contributed by atoms with Crippen LogP contribution in [0.15, 0.2) is 18.2 Å². The number of para-hydroxylation sites is 1. The molecule has 0 atom stereocenters. The number of rotatable bonds is 6. The van der Waals surface area contributed by atoms with E-state index in [1.54, 1.807) is 25.1 Å². The lowest BCUT2D eigenvalue weighted by Crippen LogP contribution is -2.23. The number of nitro benzene ring substituents is 1. The number of aliphatic hydroxyl groups is 1. The highest BCUT2D eigenvalue weighted by Crippen LogP contribution is 2.35. The van der Waals surface area contributed by atoms with Crippen molar-refractivity contribution in [2.45, 2.75) is 38.7 Å². The summed E-state index contributed by atoms with van der Waals surface area (Å²) in [5.74, 6) is 0.746. The monoisotopic (exact) mass is 294 g/mol. The molecule has 1 aliphatic carbocycles. The van der Waals surface area contributed by atoms with Crippen molar-refractivity contribution in [2.24, 2.45) is 5.92 Å². The van der Waals surface area contributed by atoms with Gasteiger partial charge in [0.2, 0.25) is 0 Å². The second-order valence-corrected chi connectivity index (χ2v) is 5.40. The van der Waals surface area contributed by atoms with Gasteiger partial charge in [-0.2, -0.15) is 0 Å². The van der Waals surface area contributed by atoms with Gasteiger partial charge in [0.25, 0.3) is 0 Å². The summed E-state index contributed by atoms with van der Waals surface area (Å²) in [6.45, 7) is 2.88. The van der Waals surface area contributed by atoms with Gasteiger partial charge in [0, 0.05) is 6.54 Å². The standard InChI is InChI=1S/C15H22N2O4/c1-2-21-14-5-3-4-13(15(14)17(19)20)16-10-11-6-8-12(18)9-7-11/h3-5,11-12,16,18H,2,6-10H2,1H3. The number of nitrogens with zero attached hydrogens (tertiary/aromatic N) is 1. The lowest BCUT2D eigenvalue weighted by molar-refractivity contribution is -0.384. The van der Waals surface area contributed by atoms with E-state index in [1.807, 2.05) is 0 Å². The van der Waals surface area contributed by atoms with E-state index in [0.29, 0.717) is 30.5 Å². The van der Waals surface area contributed by atoms with Crippen molar-refractivity contribution in [3.05, 3.63) is 28.3 Å². The van der Waals surface area contributed by atoms with E-state index in [-0.39, 0.29) is 11.8 Å². The Kier molecular flexibility index (Phi) is 5.38. The van der Waals surface area contributed by atoms with E-state index < -0.39 is 4.92 Å². The number of hydrogen-bond donors (Lipinski definition) is 2. The van der Waals surface area contributed by atoms with Crippen molar-refractivity contribution in [1.29, 1.82) is 0 Å². The molecule has 21 heavy (non-hydrogen) atoms. The van der Waals surface area contributed by atoms with Crippen LogP contribution >= 0.6 is 0 Å². The number of ether oxygens (including phenoxy) is 1. The zero-order chi connectivity index (χ0) is 15.2. The van der Waals surface area contributed by atoms with Gasteiger partial charge >= 0.3 is 5.69 Å². The van der Waals surface area contributed by atoms with E-state index in [2.05, 4.69) is 5.32 Å². The lowest BCUT2D eigenvalue weighted by atomic mass is 9.87. The predicted octanol–water partition coefficient (Wildman–Crippen LogP) is 2.96. The van der Waals surface area contributed by atoms with Crippen molar-refractivity contribution in [1.82, 2.24) is 0 Å². The van der Waals surface area contributed by atoms with Gasteiger partial charge in [0.1, 0.15) is 5.69 Å². The maximum absolute atomic E-state index is 11.3. The summed E-state index contributed by atoms with van der Waals surface area (Å²) in [7, 11) is 0. The normalized spacial score (nSPS) is 21.8. The summed E-state index contributed by atoms with van der Waals surface area (Å²) < 4.78 is 5.33. The molecule has 2 N–H and O–H groups in total. The molecule has 0 heterocycles. The smallest absolute Gasteiger partial charge is 0.333 e. The van der Waals surface area contributed by atoms with Gasteiger partial charge in [-0.1, -0.05) is 6.07 Å². The largest absolute Gasteiger partial charge is 0.487 e. The molecular formula is C15H22N2O4. The van der Waals surface area contributed by atoms with E-state index in [1.165, 1.54) is 0 Å². The van der Waals surface area contributed by atoms with Crippen molar-refractivity contribution in [2.75, 3.05) is 18.5 Å². The van der Waals surface area contributed by atoms with E-state index in [0.717, 1.165) is 25.7 Å². The first-order chi connectivity index (χ1) is 10.1. The highest BCUT2D eigenvalue weighted by molar-refractivity contribution is 5.68. The summed E-state index contributed by atoms with van der Waals surface area (Å²) in [6, 6.07) is 5.08. The summed E-state index contributed by atoms with van der Waals surface area (Å²) >= 11 is 0. The number of benzene rings is 1. The van der Waals surface area contributed by atoms with Crippen LogP contribution in [0, 0.1) is 16.0 Å². The maximum Gasteiger partial charge on any atom is 0.333 e. The second-order valence-electron chi connectivity index (χ2n) is 5.40. The highest BCUT2D eigenvalue weighted by Gasteiger charge is 2.23. The fourth-order valence-electron chi connectivity index (χ4n) is 2.73. The van der Waals surface area contributed by atoms with Crippen LogP contribution in [-0.2, 0) is 0 Å². The van der Waals surface area contributed by atoms with Crippen molar-refractivity contribution in [3.63, 3.8) is 0 Å². The number of aliphatic hydroxyl groups excluding tert-OH is 1. The maximum atomic E-state index is 11.3. The SMILES string of the molecule is CCOc1cccc(NCC2CCC(O)CC2)c1[N+](=O)[O-]. The van der Waals surface area contributed by atoms with Gasteiger partial charge < -0.3 is 15.2 Å². The first-order valence-corrected chi connectivity index (χ1v) is 7.44. The predicted molar refractivity (Wildman–Crippen MR) is 80.7 cm³/mol. The Bertz CT molecular complexity index is 485. The molecule has 1 fully saturated rings. The molecule has 1 saturated carbocycles. The van der Waals surface area contributed by atoms with Gasteiger partial charge in [0.15, 0.2) is 5.75 Å². The summed E-state index contributed by atoms with van der Waals surface area (Å²) in [6.07, 6.45) is 3.35. The molecule has 6 heteroatoms. The van der Waals surface area contributed by atoms with Gasteiger partial charge in [-0.05, 0) is 50.7 Å². The average molecular weight is 294 g/mol. The molecule has 1 aliphatic rings. The zero-order valence-electron chi connectivity index (χ0n) is 12.2. The topological polar surface area (TPSA) is 84.6 Å². The highest BCUT2D eigenvalue weighted by atomic mass is 16.6. The minimum absolute atomic E-state index is 0.00445. The molecule has 1 aromatic rings. The molecule has 0 spiro atoms. The second kappa shape index (κ2) is 7.26. The summed E-state index contributed by atoms with van der Waals surface area (Å²) in [5.41, 5.74) is 0.493. The molecule has 116 valence electrons. The molecule has 0 amide bonds.